The Morgan fingerprint density at radius 3 is 2.84 bits per heavy atom. The van der Waals surface area contributed by atoms with Crippen molar-refractivity contribution in [2.24, 2.45) is 5.92 Å². The number of H-pyrrole nitrogens is 1. The van der Waals surface area contributed by atoms with Crippen LogP contribution in [-0.4, -0.2) is 46.6 Å². The van der Waals surface area contributed by atoms with Gasteiger partial charge in [0.2, 0.25) is 0 Å². The summed E-state index contributed by atoms with van der Waals surface area (Å²) in [4.78, 5) is 30.3. The van der Waals surface area contributed by atoms with Crippen molar-refractivity contribution in [2.45, 2.75) is 31.3 Å². The van der Waals surface area contributed by atoms with E-state index in [1.165, 1.54) is 18.6 Å². The van der Waals surface area contributed by atoms with Crippen molar-refractivity contribution in [1.29, 1.82) is 5.26 Å². The minimum Gasteiger partial charge on any atom is -0.346 e. The minimum atomic E-state index is -0.619. The highest BCUT2D eigenvalue weighted by atomic mass is 35.5. The number of nitrogens with one attached hydrogen (secondary N) is 2. The fraction of sp³-hybridized carbons (Fsp3) is 0.240. The molecule has 0 saturated heterocycles. The van der Waals surface area contributed by atoms with Crippen LogP contribution in [0.1, 0.15) is 35.1 Å². The van der Waals surface area contributed by atoms with Gasteiger partial charge in [-0.25, -0.2) is 19.3 Å². The third-order valence-corrected chi connectivity index (χ3v) is 7.78. The van der Waals surface area contributed by atoms with Crippen molar-refractivity contribution in [3.8, 4) is 29.0 Å². The zero-order valence-electron chi connectivity index (χ0n) is 19.7. The van der Waals surface area contributed by atoms with Crippen LogP contribution in [0.4, 0.5) is 4.39 Å². The van der Waals surface area contributed by atoms with Crippen LogP contribution in [0.25, 0.3) is 33.9 Å². The second kappa shape index (κ2) is 9.92. The Balaban J connectivity index is 1.46. The molecule has 0 bridgehead atoms. The van der Waals surface area contributed by atoms with E-state index in [2.05, 4.69) is 36.5 Å². The number of halogens is 2. The molecule has 0 unspecified atom stereocenters. The number of carbonyl (C=O) groups is 1. The predicted octanol–water partition coefficient (Wildman–Crippen LogP) is 4.80. The van der Waals surface area contributed by atoms with Gasteiger partial charge in [0, 0.05) is 6.04 Å². The summed E-state index contributed by atoms with van der Waals surface area (Å²) < 4.78 is 17.3. The Labute approximate surface area is 224 Å². The average molecular weight is 548 g/mol. The van der Waals surface area contributed by atoms with Crippen molar-refractivity contribution in [3.63, 3.8) is 0 Å². The maximum atomic E-state index is 15.0. The van der Waals surface area contributed by atoms with Crippen molar-refractivity contribution >= 4 is 39.9 Å². The number of hydrogen-bond donors (Lipinski definition) is 2. The van der Waals surface area contributed by atoms with Crippen LogP contribution < -0.4 is 5.32 Å². The SMILES string of the molecule is N#C[C@H]1[C@@H](NC(=O)c2ncc(Cl)s2)CCC[C@H]1n1c(-c2ccccc2F)nc2cnc(-c3nc[nH]n3)cc21. The topological polar surface area (TPSA) is 138 Å². The average Bonchev–Trinajstić information content (AvgIpc) is 3.68. The third-order valence-electron chi connectivity index (χ3n) is 6.67. The van der Waals surface area contributed by atoms with Crippen molar-refractivity contribution in [2.75, 3.05) is 0 Å². The Kier molecular flexibility index (Phi) is 6.30. The highest BCUT2D eigenvalue weighted by molar-refractivity contribution is 7.17. The summed E-state index contributed by atoms with van der Waals surface area (Å²) in [6.07, 6.45) is 6.47. The molecule has 0 radical (unpaired) electrons. The van der Waals surface area contributed by atoms with E-state index in [-0.39, 0.29) is 10.9 Å². The van der Waals surface area contributed by atoms with Gasteiger partial charge in [-0.05, 0) is 37.5 Å². The zero-order chi connectivity index (χ0) is 26.2. The molecular weight excluding hydrogens is 529 g/mol. The molecule has 190 valence electrons. The van der Waals surface area contributed by atoms with Crippen LogP contribution in [0.3, 0.4) is 0 Å². The molecule has 6 rings (SSSR count). The van der Waals surface area contributed by atoms with Gasteiger partial charge in [0.25, 0.3) is 5.91 Å². The number of nitriles is 1. The number of carbonyl (C=O) groups excluding carboxylic acids is 1. The lowest BCUT2D eigenvalue weighted by Crippen LogP contribution is -2.45. The first kappa shape index (κ1) is 24.1. The van der Waals surface area contributed by atoms with Gasteiger partial charge < -0.3 is 9.88 Å². The van der Waals surface area contributed by atoms with Crippen LogP contribution in [0.2, 0.25) is 4.34 Å². The quantitative estimate of drug-likeness (QED) is 0.322. The number of aromatic amines is 1. The first-order valence-electron chi connectivity index (χ1n) is 11.8. The number of imidazole rings is 1. The largest absolute Gasteiger partial charge is 0.346 e. The second-order valence-corrected chi connectivity index (χ2v) is 10.5. The fourth-order valence-electron chi connectivity index (χ4n) is 5.01. The summed E-state index contributed by atoms with van der Waals surface area (Å²) in [6, 6.07) is 9.74. The van der Waals surface area contributed by atoms with E-state index in [0.29, 0.717) is 51.1 Å². The lowest BCUT2D eigenvalue weighted by molar-refractivity contribution is 0.0903. The Hall–Kier alpha value is -4.21. The molecule has 1 saturated carbocycles. The molecule has 1 aliphatic rings. The van der Waals surface area contributed by atoms with Gasteiger partial charge in [0.05, 0.1) is 41.5 Å². The molecule has 1 amide bonds. The number of benzene rings is 1. The molecule has 10 nitrogen and oxygen atoms in total. The van der Waals surface area contributed by atoms with Crippen molar-refractivity contribution in [1.82, 2.24) is 40.0 Å². The van der Waals surface area contributed by atoms with Gasteiger partial charge >= 0.3 is 0 Å². The molecule has 0 spiro atoms. The molecule has 2 N–H and O–H groups in total. The van der Waals surface area contributed by atoms with E-state index in [4.69, 9.17) is 16.6 Å². The van der Waals surface area contributed by atoms with Gasteiger partial charge in [-0.2, -0.15) is 10.4 Å². The molecular formula is C25H19ClFN9OS. The van der Waals surface area contributed by atoms with E-state index >= 15 is 4.39 Å². The van der Waals surface area contributed by atoms with Gasteiger partial charge in [-0.1, -0.05) is 35.1 Å². The highest BCUT2D eigenvalue weighted by Crippen LogP contribution is 2.40. The van der Waals surface area contributed by atoms with Crippen molar-refractivity contribution < 1.29 is 9.18 Å². The van der Waals surface area contributed by atoms with E-state index < -0.39 is 23.8 Å². The van der Waals surface area contributed by atoms with Crippen LogP contribution >= 0.6 is 22.9 Å². The normalized spacial score (nSPS) is 19.3. The van der Waals surface area contributed by atoms with Gasteiger partial charge in [-0.15, -0.1) is 0 Å². The van der Waals surface area contributed by atoms with E-state index in [1.54, 1.807) is 30.5 Å². The first-order chi connectivity index (χ1) is 18.5. The lowest BCUT2D eigenvalue weighted by atomic mass is 9.80. The Morgan fingerprint density at radius 1 is 1.24 bits per heavy atom. The summed E-state index contributed by atoms with van der Waals surface area (Å²) in [5, 5.41) is 20.3. The van der Waals surface area contributed by atoms with E-state index in [0.717, 1.165) is 17.8 Å². The van der Waals surface area contributed by atoms with Crippen LogP contribution in [0.15, 0.2) is 49.1 Å². The molecule has 1 fully saturated rings. The molecule has 13 heteroatoms. The molecule has 4 heterocycles. The van der Waals surface area contributed by atoms with Crippen LogP contribution in [0, 0.1) is 23.1 Å². The standard InChI is InChI=1S/C25H19ClFN9OS/c26-21-11-30-25(38-21)24(37)34-16-6-3-7-19(14(16)9-28)36-20-8-17(22-31-12-32-35-22)29-10-18(20)33-23(36)13-4-1-2-5-15(13)27/h1-2,4-5,8,10-12,14,16,19H,3,6-7H2,(H,34,37)(H,31,32,35)/t14-,16-,19+/m0/s1. The summed E-state index contributed by atoms with van der Waals surface area (Å²) in [7, 11) is 0. The number of rotatable bonds is 5. The number of fused-ring (bicyclic) bond motifs is 1. The van der Waals surface area contributed by atoms with Gasteiger partial charge in [0.1, 0.15) is 33.5 Å². The Bertz CT molecular complexity index is 1680. The molecule has 0 aliphatic heterocycles. The summed E-state index contributed by atoms with van der Waals surface area (Å²) in [5.74, 6) is -0.642. The third kappa shape index (κ3) is 4.29. The molecule has 1 aliphatic carbocycles. The summed E-state index contributed by atoms with van der Waals surface area (Å²) >= 11 is 7.03. The predicted molar refractivity (Wildman–Crippen MR) is 139 cm³/mol. The molecule has 4 aromatic heterocycles. The summed E-state index contributed by atoms with van der Waals surface area (Å²) in [6.45, 7) is 0. The monoisotopic (exact) mass is 547 g/mol. The maximum absolute atomic E-state index is 15.0. The number of thiazole rings is 1. The van der Waals surface area contributed by atoms with Crippen LogP contribution in [0.5, 0.6) is 0 Å². The van der Waals surface area contributed by atoms with Gasteiger partial charge in [-0.3, -0.25) is 14.9 Å². The van der Waals surface area contributed by atoms with E-state index in [9.17, 15) is 10.1 Å². The maximum Gasteiger partial charge on any atom is 0.280 e. The minimum absolute atomic E-state index is 0.233. The molecule has 38 heavy (non-hydrogen) atoms. The van der Waals surface area contributed by atoms with Gasteiger partial charge in [0.15, 0.2) is 10.8 Å². The number of aromatic nitrogens is 7. The van der Waals surface area contributed by atoms with Crippen molar-refractivity contribution in [3.05, 3.63) is 64.2 Å². The fourth-order valence-corrected chi connectivity index (χ4v) is 5.83. The molecule has 3 atom stereocenters. The number of pyridine rings is 1. The number of nitrogens with zero attached hydrogens (tertiary/aromatic N) is 7. The Morgan fingerprint density at radius 2 is 2.11 bits per heavy atom. The van der Waals surface area contributed by atoms with Crippen LogP contribution in [-0.2, 0) is 0 Å². The smallest absolute Gasteiger partial charge is 0.280 e. The zero-order valence-corrected chi connectivity index (χ0v) is 21.2. The second-order valence-electron chi connectivity index (χ2n) is 8.87. The molecule has 1 aromatic carbocycles. The first-order valence-corrected chi connectivity index (χ1v) is 13.0. The number of amides is 1. The number of hydrogen-bond acceptors (Lipinski definition) is 8. The summed E-state index contributed by atoms with van der Waals surface area (Å²) in [5.41, 5.74) is 2.03. The van der Waals surface area contributed by atoms with E-state index in [1.807, 2.05) is 4.57 Å². The lowest BCUT2D eigenvalue weighted by Gasteiger charge is -2.36. The molecule has 5 aromatic rings. The highest BCUT2D eigenvalue weighted by Gasteiger charge is 2.38.